The van der Waals surface area contributed by atoms with Crippen LogP contribution in [-0.2, 0) is 25.7 Å². The van der Waals surface area contributed by atoms with Gasteiger partial charge in [0, 0.05) is 25.4 Å². The van der Waals surface area contributed by atoms with Crippen molar-refractivity contribution in [1.82, 2.24) is 10.2 Å². The van der Waals surface area contributed by atoms with E-state index in [9.17, 15) is 19.5 Å². The molecule has 3 aliphatic heterocycles. The van der Waals surface area contributed by atoms with Gasteiger partial charge in [-0.25, -0.2) is 0 Å². The normalized spacial score (nSPS) is 28.6. The standard InChI is InChI=1S/C32H41N3O5/c1-4-31-15-16-32(40-31)26(25(31)28(37)33-20-23-11-7-5-8-12-23)30(39)35(17-9-6-10-18-36)27(32)29(38)34-24-19-21(2)13-14-22(24)3/h5,7-8,11-14,19,25-27,36H,4,6,9-10,15-18,20H2,1-3H3,(H,33,37)(H,34,38)/t25-,26+,27?,31+,32?/m1/s1. The fraction of sp³-hybridized carbons (Fsp3) is 0.531. The largest absolute Gasteiger partial charge is 0.396 e. The van der Waals surface area contributed by atoms with Crippen molar-refractivity contribution in [3.8, 4) is 0 Å². The lowest BCUT2D eigenvalue weighted by molar-refractivity contribution is -0.146. The minimum absolute atomic E-state index is 0.0862. The molecule has 3 saturated heterocycles. The van der Waals surface area contributed by atoms with E-state index >= 15 is 0 Å². The lowest BCUT2D eigenvalue weighted by Crippen LogP contribution is -2.53. The number of hydrogen-bond donors (Lipinski definition) is 3. The van der Waals surface area contributed by atoms with Gasteiger partial charge in [-0.1, -0.05) is 49.4 Å². The van der Waals surface area contributed by atoms with E-state index in [-0.39, 0.29) is 24.3 Å². The van der Waals surface area contributed by atoms with E-state index in [1.165, 1.54) is 0 Å². The number of likely N-dealkylation sites (tertiary alicyclic amines) is 1. The molecule has 3 aliphatic rings. The van der Waals surface area contributed by atoms with Crippen molar-refractivity contribution in [2.24, 2.45) is 11.8 Å². The van der Waals surface area contributed by atoms with Crippen LogP contribution in [0.4, 0.5) is 5.69 Å². The van der Waals surface area contributed by atoms with Crippen molar-refractivity contribution >= 4 is 23.4 Å². The Hall–Kier alpha value is -3.23. The second kappa shape index (κ2) is 11.3. The summed E-state index contributed by atoms with van der Waals surface area (Å²) in [6, 6.07) is 14.8. The molecule has 40 heavy (non-hydrogen) atoms. The zero-order valence-electron chi connectivity index (χ0n) is 23.7. The van der Waals surface area contributed by atoms with Gasteiger partial charge in [0.15, 0.2) is 0 Å². The van der Waals surface area contributed by atoms with Crippen LogP contribution in [0.1, 0.15) is 62.1 Å². The average Bonchev–Trinajstić information content (AvgIpc) is 3.56. The Morgan fingerprint density at radius 2 is 1.82 bits per heavy atom. The number of carbonyl (C=O) groups excluding carboxylic acids is 3. The van der Waals surface area contributed by atoms with Gasteiger partial charge in [-0.3, -0.25) is 14.4 Å². The molecule has 5 rings (SSSR count). The van der Waals surface area contributed by atoms with Gasteiger partial charge >= 0.3 is 0 Å². The van der Waals surface area contributed by atoms with Gasteiger partial charge in [-0.05, 0) is 75.1 Å². The van der Waals surface area contributed by atoms with Crippen molar-refractivity contribution in [3.63, 3.8) is 0 Å². The fourth-order valence-corrected chi connectivity index (χ4v) is 7.19. The summed E-state index contributed by atoms with van der Waals surface area (Å²) in [5.41, 5.74) is 1.83. The number of aliphatic hydroxyl groups excluding tert-OH is 1. The van der Waals surface area contributed by atoms with Crippen LogP contribution in [0.25, 0.3) is 0 Å². The molecular formula is C32H41N3O5. The number of nitrogens with zero attached hydrogens (tertiary/aromatic N) is 1. The predicted molar refractivity (Wildman–Crippen MR) is 152 cm³/mol. The molecule has 0 aromatic heterocycles. The number of anilines is 1. The molecule has 0 aliphatic carbocycles. The number of carbonyl (C=O) groups is 3. The van der Waals surface area contributed by atoms with Crippen molar-refractivity contribution in [1.29, 1.82) is 0 Å². The van der Waals surface area contributed by atoms with Gasteiger partial charge in [-0.2, -0.15) is 0 Å². The highest BCUT2D eigenvalue weighted by atomic mass is 16.5. The minimum atomic E-state index is -1.05. The molecule has 3 N–H and O–H groups in total. The number of rotatable bonds is 11. The molecule has 2 bridgehead atoms. The first kappa shape index (κ1) is 28.3. The monoisotopic (exact) mass is 547 g/mol. The molecule has 0 saturated carbocycles. The smallest absolute Gasteiger partial charge is 0.250 e. The Balaban J connectivity index is 1.47. The molecule has 8 nitrogen and oxygen atoms in total. The molecule has 214 valence electrons. The first-order valence-corrected chi connectivity index (χ1v) is 14.6. The summed E-state index contributed by atoms with van der Waals surface area (Å²) in [5, 5.41) is 15.4. The summed E-state index contributed by atoms with van der Waals surface area (Å²) in [5.74, 6) is -2.03. The molecule has 3 fully saturated rings. The second-order valence-corrected chi connectivity index (χ2v) is 11.7. The quantitative estimate of drug-likeness (QED) is 0.370. The van der Waals surface area contributed by atoms with E-state index in [0.29, 0.717) is 50.9 Å². The number of aliphatic hydroxyl groups is 1. The Morgan fingerprint density at radius 1 is 1.05 bits per heavy atom. The number of aryl methyl sites for hydroxylation is 2. The first-order valence-electron chi connectivity index (χ1n) is 14.6. The predicted octanol–water partition coefficient (Wildman–Crippen LogP) is 3.88. The number of nitrogens with one attached hydrogen (secondary N) is 2. The number of unbranched alkanes of at least 4 members (excludes halogenated alkanes) is 2. The van der Waals surface area contributed by atoms with Crippen LogP contribution in [0, 0.1) is 25.7 Å². The Labute approximate surface area is 236 Å². The number of amides is 3. The molecule has 0 radical (unpaired) electrons. The SMILES string of the molecule is CC[C@@]12CCC3(O1)C(C(=O)Nc1cc(C)ccc1C)N(CCCCCO)C(=O)[C@@H]3[C@@H]2C(=O)NCc1ccccc1. The Morgan fingerprint density at radius 3 is 2.55 bits per heavy atom. The summed E-state index contributed by atoms with van der Waals surface area (Å²) in [4.78, 5) is 43.8. The van der Waals surface area contributed by atoms with E-state index in [1.807, 2.05) is 69.3 Å². The fourth-order valence-electron chi connectivity index (χ4n) is 7.19. The van der Waals surface area contributed by atoms with E-state index in [2.05, 4.69) is 10.6 Å². The van der Waals surface area contributed by atoms with E-state index < -0.39 is 29.1 Å². The summed E-state index contributed by atoms with van der Waals surface area (Å²) in [7, 11) is 0. The van der Waals surface area contributed by atoms with Crippen LogP contribution in [-0.4, -0.2) is 58.1 Å². The zero-order chi connectivity index (χ0) is 28.5. The number of benzene rings is 2. The van der Waals surface area contributed by atoms with Gasteiger partial charge in [0.2, 0.25) is 17.7 Å². The number of hydrogen-bond acceptors (Lipinski definition) is 5. The van der Waals surface area contributed by atoms with E-state index in [1.54, 1.807) is 4.90 Å². The zero-order valence-corrected chi connectivity index (χ0v) is 23.7. The van der Waals surface area contributed by atoms with Crippen LogP contribution in [0.2, 0.25) is 0 Å². The van der Waals surface area contributed by atoms with Crippen molar-refractivity contribution in [2.75, 3.05) is 18.5 Å². The third-order valence-electron chi connectivity index (χ3n) is 9.23. The Kier molecular flexibility index (Phi) is 8.02. The van der Waals surface area contributed by atoms with Gasteiger partial charge in [0.1, 0.15) is 11.6 Å². The van der Waals surface area contributed by atoms with Crippen LogP contribution < -0.4 is 10.6 Å². The lowest BCUT2D eigenvalue weighted by atomic mass is 9.65. The molecule has 5 atom stereocenters. The van der Waals surface area contributed by atoms with Crippen LogP contribution in [0.3, 0.4) is 0 Å². The highest BCUT2D eigenvalue weighted by Gasteiger charge is 2.78. The molecule has 3 amide bonds. The summed E-state index contributed by atoms with van der Waals surface area (Å²) in [6.07, 6.45) is 3.80. The third kappa shape index (κ3) is 4.81. The first-order chi connectivity index (χ1) is 19.3. The van der Waals surface area contributed by atoms with Gasteiger partial charge < -0.3 is 25.4 Å². The maximum atomic E-state index is 14.2. The number of fused-ring (bicyclic) bond motifs is 1. The maximum absolute atomic E-state index is 14.2. The van der Waals surface area contributed by atoms with Crippen molar-refractivity contribution in [3.05, 3.63) is 65.2 Å². The van der Waals surface area contributed by atoms with Crippen LogP contribution in [0.15, 0.2) is 48.5 Å². The topological polar surface area (TPSA) is 108 Å². The number of ether oxygens (including phenoxy) is 1. The highest BCUT2D eigenvalue weighted by Crippen LogP contribution is 2.64. The summed E-state index contributed by atoms with van der Waals surface area (Å²) in [6.45, 7) is 6.75. The van der Waals surface area contributed by atoms with Gasteiger partial charge in [0.25, 0.3) is 0 Å². The summed E-state index contributed by atoms with van der Waals surface area (Å²) >= 11 is 0. The summed E-state index contributed by atoms with van der Waals surface area (Å²) < 4.78 is 6.84. The molecule has 2 aromatic rings. The van der Waals surface area contributed by atoms with E-state index in [0.717, 1.165) is 23.1 Å². The minimum Gasteiger partial charge on any atom is -0.396 e. The highest BCUT2D eigenvalue weighted by molar-refractivity contribution is 6.04. The molecule has 1 spiro atoms. The maximum Gasteiger partial charge on any atom is 0.250 e. The van der Waals surface area contributed by atoms with E-state index in [4.69, 9.17) is 4.74 Å². The van der Waals surface area contributed by atoms with Gasteiger partial charge in [-0.15, -0.1) is 0 Å². The third-order valence-corrected chi connectivity index (χ3v) is 9.23. The molecule has 8 heteroatoms. The lowest BCUT2D eigenvalue weighted by Gasteiger charge is -2.34. The van der Waals surface area contributed by atoms with Crippen LogP contribution in [0.5, 0.6) is 0 Å². The molecule has 2 unspecified atom stereocenters. The van der Waals surface area contributed by atoms with Crippen LogP contribution >= 0.6 is 0 Å². The molecule has 2 aromatic carbocycles. The van der Waals surface area contributed by atoms with Gasteiger partial charge in [0.05, 0.1) is 17.4 Å². The average molecular weight is 548 g/mol. The Bertz CT molecular complexity index is 1270. The van der Waals surface area contributed by atoms with Crippen molar-refractivity contribution < 1.29 is 24.2 Å². The molecular weight excluding hydrogens is 506 g/mol. The van der Waals surface area contributed by atoms with Crippen molar-refractivity contribution in [2.45, 2.75) is 83.1 Å². The second-order valence-electron chi connectivity index (χ2n) is 11.7. The molecule has 3 heterocycles.